The van der Waals surface area contributed by atoms with E-state index in [0.29, 0.717) is 21.2 Å². The lowest BCUT2D eigenvalue weighted by Gasteiger charge is -2.10. The molecule has 0 saturated carbocycles. The van der Waals surface area contributed by atoms with E-state index in [9.17, 15) is 0 Å². The molecule has 0 aliphatic rings. The Morgan fingerprint density at radius 1 is 1.06 bits per heavy atom. The van der Waals surface area contributed by atoms with Crippen LogP contribution in [0, 0.1) is 11.5 Å². The summed E-state index contributed by atoms with van der Waals surface area (Å²) < 4.78 is 1.67. The number of hydrogen-bond donors (Lipinski definition) is 0. The van der Waals surface area contributed by atoms with Crippen molar-refractivity contribution in [2.24, 2.45) is 4.99 Å². The first-order valence-corrected chi connectivity index (χ1v) is 5.54. The Kier molecular flexibility index (Phi) is 3.48. The van der Waals surface area contributed by atoms with Crippen molar-refractivity contribution >= 4 is 23.2 Å². The monoisotopic (exact) mass is 263 g/mol. The molecule has 1 aromatic heterocycles. The fourth-order valence-corrected chi connectivity index (χ4v) is 2.06. The molecule has 0 aliphatic heterocycles. The smallest absolute Gasteiger partial charge is 0.207 e. The van der Waals surface area contributed by atoms with Crippen LogP contribution in [0.15, 0.2) is 47.6 Å². The first kappa shape index (κ1) is 11.7. The largest absolute Gasteiger partial charge is 0.298 e. The molecule has 5 heteroatoms. The van der Waals surface area contributed by atoms with Gasteiger partial charge >= 0.3 is 0 Å². The molecule has 0 radical (unpaired) electrons. The van der Waals surface area contributed by atoms with Gasteiger partial charge in [0.1, 0.15) is 5.49 Å². The molecule has 0 aliphatic carbocycles. The molecule has 0 amide bonds. The van der Waals surface area contributed by atoms with Crippen molar-refractivity contribution < 1.29 is 0 Å². The van der Waals surface area contributed by atoms with Crippen LogP contribution in [0.25, 0.3) is 5.69 Å². The molecule has 0 spiro atoms. The van der Waals surface area contributed by atoms with Crippen molar-refractivity contribution in [2.45, 2.75) is 0 Å². The van der Waals surface area contributed by atoms with E-state index < -0.39 is 0 Å². The van der Waals surface area contributed by atoms with E-state index in [4.69, 9.17) is 28.5 Å². The Balaban J connectivity index is 2.79. The standard InChI is InChI=1S/C12H7Cl2N3/c13-9-4-3-5-10(14)12(9)17-7-2-1-6-11(17)16-8-15/h1-7H. The van der Waals surface area contributed by atoms with Crippen LogP contribution in [0.1, 0.15) is 0 Å². The number of aromatic nitrogens is 1. The minimum atomic E-state index is 0.477. The number of para-hydroxylation sites is 1. The maximum Gasteiger partial charge on any atom is 0.207 e. The molecule has 0 N–H and O–H groups in total. The molecule has 0 atom stereocenters. The van der Waals surface area contributed by atoms with Crippen LogP contribution in [0.4, 0.5) is 0 Å². The van der Waals surface area contributed by atoms with Crippen molar-refractivity contribution in [1.82, 2.24) is 4.57 Å². The molecule has 1 heterocycles. The maximum atomic E-state index is 8.63. The van der Waals surface area contributed by atoms with E-state index in [1.54, 1.807) is 47.3 Å². The lowest BCUT2D eigenvalue weighted by atomic mass is 10.3. The van der Waals surface area contributed by atoms with Gasteiger partial charge in [0, 0.05) is 6.20 Å². The molecule has 2 aromatic rings. The summed E-state index contributed by atoms with van der Waals surface area (Å²) in [6, 6.07) is 10.5. The van der Waals surface area contributed by atoms with E-state index in [2.05, 4.69) is 4.99 Å². The van der Waals surface area contributed by atoms with Crippen molar-refractivity contribution in [3.05, 3.63) is 58.1 Å². The summed E-state index contributed by atoms with van der Waals surface area (Å²) in [7, 11) is 0. The SMILES string of the molecule is N#CN=c1ccccn1-c1c(Cl)cccc1Cl. The zero-order valence-electron chi connectivity index (χ0n) is 8.64. The molecule has 1 aromatic carbocycles. The molecular formula is C12H7Cl2N3. The first-order valence-electron chi connectivity index (χ1n) is 4.79. The fraction of sp³-hybridized carbons (Fsp3) is 0. The van der Waals surface area contributed by atoms with Gasteiger partial charge in [-0.1, -0.05) is 35.3 Å². The predicted octanol–water partition coefficient (Wildman–Crippen LogP) is 3.17. The summed E-state index contributed by atoms with van der Waals surface area (Å²) in [6.45, 7) is 0. The molecule has 2 rings (SSSR count). The summed E-state index contributed by atoms with van der Waals surface area (Å²) >= 11 is 12.2. The summed E-state index contributed by atoms with van der Waals surface area (Å²) in [5, 5.41) is 9.64. The van der Waals surface area contributed by atoms with Gasteiger partial charge in [-0.05, 0) is 24.3 Å². The molecule has 84 valence electrons. The normalized spacial score (nSPS) is 11.2. The molecule has 17 heavy (non-hydrogen) atoms. The summed E-state index contributed by atoms with van der Waals surface area (Å²) in [6.07, 6.45) is 3.50. The van der Waals surface area contributed by atoms with Crippen molar-refractivity contribution in [2.75, 3.05) is 0 Å². The lowest BCUT2D eigenvalue weighted by molar-refractivity contribution is 0.952. The topological polar surface area (TPSA) is 41.1 Å². The Morgan fingerprint density at radius 3 is 2.41 bits per heavy atom. The Labute approximate surface area is 108 Å². The van der Waals surface area contributed by atoms with Gasteiger partial charge in [-0.25, -0.2) is 0 Å². The Morgan fingerprint density at radius 2 is 1.76 bits per heavy atom. The third kappa shape index (κ3) is 2.33. The molecule has 3 nitrogen and oxygen atoms in total. The van der Waals surface area contributed by atoms with Gasteiger partial charge in [-0.15, -0.1) is 0 Å². The number of halogens is 2. The van der Waals surface area contributed by atoms with Gasteiger partial charge in [0.2, 0.25) is 6.19 Å². The molecule has 0 unspecified atom stereocenters. The number of hydrogen-bond acceptors (Lipinski definition) is 2. The zero-order valence-corrected chi connectivity index (χ0v) is 10.2. The minimum Gasteiger partial charge on any atom is -0.298 e. The van der Waals surface area contributed by atoms with Gasteiger partial charge in [-0.2, -0.15) is 10.3 Å². The zero-order chi connectivity index (χ0) is 12.3. The highest BCUT2D eigenvalue weighted by molar-refractivity contribution is 6.37. The fourth-order valence-electron chi connectivity index (χ4n) is 1.48. The van der Waals surface area contributed by atoms with Crippen LogP contribution >= 0.6 is 23.2 Å². The van der Waals surface area contributed by atoms with E-state index in [0.717, 1.165) is 0 Å². The number of rotatable bonds is 1. The van der Waals surface area contributed by atoms with Crippen LogP contribution in [0.2, 0.25) is 10.0 Å². The van der Waals surface area contributed by atoms with E-state index in [1.807, 2.05) is 6.07 Å². The highest BCUT2D eigenvalue weighted by atomic mass is 35.5. The number of nitrogens with zero attached hydrogens (tertiary/aromatic N) is 3. The maximum absolute atomic E-state index is 8.63. The lowest BCUT2D eigenvalue weighted by Crippen LogP contribution is -2.18. The van der Waals surface area contributed by atoms with Crippen molar-refractivity contribution in [3.8, 4) is 11.9 Å². The quantitative estimate of drug-likeness (QED) is 0.729. The van der Waals surface area contributed by atoms with Gasteiger partial charge < -0.3 is 0 Å². The predicted molar refractivity (Wildman–Crippen MR) is 67.0 cm³/mol. The van der Waals surface area contributed by atoms with Crippen molar-refractivity contribution in [3.63, 3.8) is 0 Å². The van der Waals surface area contributed by atoms with Crippen LogP contribution in [0.5, 0.6) is 0 Å². The Hall–Kier alpha value is -1.76. The number of benzene rings is 1. The first-order chi connectivity index (χ1) is 8.24. The summed E-state index contributed by atoms with van der Waals surface area (Å²) in [4.78, 5) is 3.72. The second-order valence-electron chi connectivity index (χ2n) is 3.21. The molecular weight excluding hydrogens is 257 g/mol. The third-order valence-electron chi connectivity index (χ3n) is 2.18. The summed E-state index contributed by atoms with van der Waals surface area (Å²) in [5.41, 5.74) is 1.09. The van der Waals surface area contributed by atoms with Gasteiger partial charge in [-0.3, -0.25) is 4.57 Å². The van der Waals surface area contributed by atoms with Gasteiger partial charge in [0.25, 0.3) is 0 Å². The second-order valence-corrected chi connectivity index (χ2v) is 4.03. The van der Waals surface area contributed by atoms with Crippen LogP contribution < -0.4 is 5.49 Å². The second kappa shape index (κ2) is 5.05. The Bertz CT molecular complexity index is 633. The average molecular weight is 264 g/mol. The van der Waals surface area contributed by atoms with Gasteiger partial charge in [0.05, 0.1) is 15.7 Å². The van der Waals surface area contributed by atoms with E-state index >= 15 is 0 Å². The van der Waals surface area contributed by atoms with Gasteiger partial charge in [0.15, 0.2) is 0 Å². The third-order valence-corrected chi connectivity index (χ3v) is 2.79. The highest BCUT2D eigenvalue weighted by Crippen LogP contribution is 2.26. The molecule has 0 bridgehead atoms. The number of nitriles is 1. The van der Waals surface area contributed by atoms with E-state index in [1.165, 1.54) is 0 Å². The highest BCUT2D eigenvalue weighted by Gasteiger charge is 2.07. The van der Waals surface area contributed by atoms with Crippen LogP contribution in [-0.4, -0.2) is 4.57 Å². The van der Waals surface area contributed by atoms with Crippen LogP contribution in [0.3, 0.4) is 0 Å². The number of pyridine rings is 1. The average Bonchev–Trinajstić information content (AvgIpc) is 2.31. The van der Waals surface area contributed by atoms with Crippen molar-refractivity contribution in [1.29, 1.82) is 5.26 Å². The van der Waals surface area contributed by atoms with E-state index in [-0.39, 0.29) is 0 Å². The summed E-state index contributed by atoms with van der Waals surface area (Å²) in [5.74, 6) is 0. The molecule has 0 fully saturated rings. The minimum absolute atomic E-state index is 0.477. The van der Waals surface area contributed by atoms with Crippen LogP contribution in [-0.2, 0) is 0 Å². The molecule has 0 saturated heterocycles.